The molecule has 1 N–H and O–H groups in total. The van der Waals surface area contributed by atoms with E-state index in [1.807, 2.05) is 0 Å². The van der Waals surface area contributed by atoms with Gasteiger partial charge < -0.3 is 10.1 Å². The highest BCUT2D eigenvalue weighted by Gasteiger charge is 2.10. The molecule has 132 valence electrons. The Labute approximate surface area is 154 Å². The lowest BCUT2D eigenvalue weighted by atomic mass is 10.1. The Bertz CT molecular complexity index is 751. The van der Waals surface area contributed by atoms with Gasteiger partial charge in [0.05, 0.1) is 12.1 Å². The van der Waals surface area contributed by atoms with Gasteiger partial charge in [0.25, 0.3) is 0 Å². The van der Waals surface area contributed by atoms with Gasteiger partial charge in [-0.15, -0.1) is 0 Å². The van der Waals surface area contributed by atoms with Crippen LogP contribution in [0, 0.1) is 0 Å². The normalized spacial score (nSPS) is 11.7. The number of allylic oxidation sites excluding steroid dienone is 2. The van der Waals surface area contributed by atoms with Crippen LogP contribution in [0.15, 0.2) is 46.5 Å². The van der Waals surface area contributed by atoms with Gasteiger partial charge in [0.2, 0.25) is 5.91 Å². The van der Waals surface area contributed by atoms with Crippen LogP contribution in [0.4, 0.5) is 5.69 Å². The molecule has 0 bridgehead atoms. The molecule has 0 aliphatic rings. The second-order valence-corrected chi connectivity index (χ2v) is 5.68. The topological polar surface area (TPSA) is 89.5 Å². The van der Waals surface area contributed by atoms with Gasteiger partial charge in [0.1, 0.15) is 5.03 Å². The van der Waals surface area contributed by atoms with Crippen molar-refractivity contribution in [3.05, 3.63) is 52.0 Å². The zero-order valence-electron chi connectivity index (χ0n) is 13.5. The molecule has 0 unspecified atom stereocenters. The van der Waals surface area contributed by atoms with Crippen LogP contribution >= 0.6 is 23.2 Å². The largest absolute Gasteiger partial charge is 0.465 e. The first-order valence-electron chi connectivity index (χ1n) is 6.99. The number of rotatable bonds is 7. The minimum absolute atomic E-state index is 0.0253. The van der Waals surface area contributed by atoms with E-state index in [0.29, 0.717) is 11.3 Å². The second-order valence-electron chi connectivity index (χ2n) is 4.86. The molecule has 1 aromatic carbocycles. The number of methoxy groups -OCH3 is 1. The third kappa shape index (κ3) is 7.32. The molecule has 0 spiro atoms. The van der Waals surface area contributed by atoms with Crippen LogP contribution in [0.25, 0.3) is 0 Å². The Balaban J connectivity index is 2.69. The summed E-state index contributed by atoms with van der Waals surface area (Å²) in [5.41, 5.74) is 1.12. The number of carbonyl (C=O) groups excluding carboxylic acids is 4. The van der Waals surface area contributed by atoms with Gasteiger partial charge in [-0.05, 0) is 17.7 Å². The number of anilines is 1. The highest BCUT2D eigenvalue weighted by Crippen LogP contribution is 2.12. The summed E-state index contributed by atoms with van der Waals surface area (Å²) in [6.07, 6.45) is 2.01. The van der Waals surface area contributed by atoms with Crippen molar-refractivity contribution in [3.8, 4) is 0 Å². The molecule has 25 heavy (non-hydrogen) atoms. The van der Waals surface area contributed by atoms with E-state index < -0.39 is 17.7 Å². The van der Waals surface area contributed by atoms with Crippen molar-refractivity contribution < 1.29 is 23.9 Å². The van der Waals surface area contributed by atoms with E-state index in [1.54, 1.807) is 24.3 Å². The maximum Gasteiger partial charge on any atom is 0.349 e. The molecular formula is C17H15Cl2NO5. The molecule has 1 amide bonds. The minimum atomic E-state index is -0.787. The van der Waals surface area contributed by atoms with Crippen molar-refractivity contribution in [2.45, 2.75) is 13.3 Å². The van der Waals surface area contributed by atoms with Gasteiger partial charge >= 0.3 is 5.97 Å². The summed E-state index contributed by atoms with van der Waals surface area (Å²) in [7, 11) is 1.16. The molecule has 0 atom stereocenters. The number of hydrogen-bond donors (Lipinski definition) is 1. The SMILES string of the molecule is COC(=O)/C(Cl)=C/C(=O)Cc1ccc(NC(=O)/C=C(/Cl)C(C)=O)cc1. The van der Waals surface area contributed by atoms with Crippen molar-refractivity contribution in [3.63, 3.8) is 0 Å². The molecule has 0 aromatic heterocycles. The number of ketones is 2. The van der Waals surface area contributed by atoms with Crippen molar-refractivity contribution >= 4 is 52.3 Å². The van der Waals surface area contributed by atoms with Crippen LogP contribution in [0.2, 0.25) is 0 Å². The summed E-state index contributed by atoms with van der Waals surface area (Å²) in [5, 5.41) is 2.06. The fourth-order valence-electron chi connectivity index (χ4n) is 1.65. The molecule has 1 aromatic rings. The van der Waals surface area contributed by atoms with E-state index in [-0.39, 0.29) is 22.3 Å². The summed E-state index contributed by atoms with van der Waals surface area (Å²) in [6.45, 7) is 1.25. The maximum absolute atomic E-state index is 11.8. The van der Waals surface area contributed by atoms with Gasteiger partial charge in [0.15, 0.2) is 11.6 Å². The second kappa shape index (κ2) is 9.76. The highest BCUT2D eigenvalue weighted by atomic mass is 35.5. The first-order valence-corrected chi connectivity index (χ1v) is 7.75. The summed E-state index contributed by atoms with van der Waals surface area (Å²) >= 11 is 11.2. The van der Waals surface area contributed by atoms with Gasteiger partial charge in [-0.2, -0.15) is 0 Å². The standard InChI is InChI=1S/C17H15Cl2NO5/c1-10(21)14(18)9-16(23)20-12-5-3-11(4-6-12)7-13(22)8-15(19)17(24)25-2/h3-6,8-9H,7H2,1-2H3,(H,20,23)/b14-9+,15-8-. The number of hydrogen-bond acceptors (Lipinski definition) is 5. The number of benzene rings is 1. The molecular weight excluding hydrogens is 369 g/mol. The molecule has 8 heteroatoms. The van der Waals surface area contributed by atoms with Crippen LogP contribution < -0.4 is 5.32 Å². The third-order valence-electron chi connectivity index (χ3n) is 2.86. The fourth-order valence-corrected chi connectivity index (χ4v) is 1.95. The predicted octanol–water partition coefficient (Wildman–Crippen LogP) is 2.74. The molecule has 0 heterocycles. The summed E-state index contributed by atoms with van der Waals surface area (Å²) in [6, 6.07) is 6.43. The Morgan fingerprint density at radius 1 is 1.04 bits per heavy atom. The first kappa shape index (κ1) is 20.6. The highest BCUT2D eigenvalue weighted by molar-refractivity contribution is 6.43. The van der Waals surface area contributed by atoms with Crippen molar-refractivity contribution in [2.24, 2.45) is 0 Å². The molecule has 0 saturated carbocycles. The zero-order valence-corrected chi connectivity index (χ0v) is 15.0. The Hall–Kier alpha value is -2.44. The van der Waals surface area contributed by atoms with Crippen LogP contribution in [0.1, 0.15) is 12.5 Å². The molecule has 1 rings (SSSR count). The first-order chi connectivity index (χ1) is 11.7. The average molecular weight is 384 g/mol. The van der Waals surface area contributed by atoms with Crippen molar-refractivity contribution in [2.75, 3.05) is 12.4 Å². The van der Waals surface area contributed by atoms with Gasteiger partial charge in [-0.25, -0.2) is 4.79 Å². The van der Waals surface area contributed by atoms with E-state index >= 15 is 0 Å². The minimum Gasteiger partial charge on any atom is -0.465 e. The summed E-state index contributed by atoms with van der Waals surface area (Å²) in [4.78, 5) is 45.5. The number of ether oxygens (including phenoxy) is 1. The van der Waals surface area contributed by atoms with Crippen molar-refractivity contribution in [1.29, 1.82) is 0 Å². The lowest BCUT2D eigenvalue weighted by molar-refractivity contribution is -0.135. The Kier molecular flexibility index (Phi) is 8.04. The zero-order chi connectivity index (χ0) is 19.0. The lowest BCUT2D eigenvalue weighted by Crippen LogP contribution is -2.10. The van der Waals surface area contributed by atoms with Crippen LogP contribution in [-0.4, -0.2) is 30.6 Å². The number of carbonyl (C=O) groups is 4. The number of Topliss-reactive ketones (excluding diaryl/α,β-unsaturated/α-hetero) is 1. The Morgan fingerprint density at radius 3 is 2.16 bits per heavy atom. The number of nitrogens with one attached hydrogen (secondary N) is 1. The van der Waals surface area contributed by atoms with Gasteiger partial charge in [-0.1, -0.05) is 35.3 Å². The molecule has 0 saturated heterocycles. The smallest absolute Gasteiger partial charge is 0.349 e. The predicted molar refractivity (Wildman–Crippen MR) is 94.4 cm³/mol. The van der Waals surface area contributed by atoms with Gasteiger partial charge in [-0.3, -0.25) is 14.4 Å². The molecule has 0 aliphatic heterocycles. The fraction of sp³-hybridized carbons (Fsp3) is 0.176. The molecule has 0 fully saturated rings. The van der Waals surface area contributed by atoms with E-state index in [0.717, 1.165) is 19.3 Å². The third-order valence-corrected chi connectivity index (χ3v) is 3.50. The Morgan fingerprint density at radius 2 is 1.64 bits per heavy atom. The monoisotopic (exact) mass is 383 g/mol. The quantitative estimate of drug-likeness (QED) is 0.577. The van der Waals surface area contributed by atoms with E-state index in [2.05, 4.69) is 10.1 Å². The van der Waals surface area contributed by atoms with E-state index in [4.69, 9.17) is 23.2 Å². The number of halogens is 2. The summed E-state index contributed by atoms with van der Waals surface area (Å²) < 4.78 is 4.39. The number of esters is 1. The van der Waals surface area contributed by atoms with Crippen LogP contribution in [0.3, 0.4) is 0 Å². The average Bonchev–Trinajstić information content (AvgIpc) is 2.55. The van der Waals surface area contributed by atoms with E-state index in [1.165, 1.54) is 6.92 Å². The molecule has 0 aliphatic carbocycles. The molecule has 6 nitrogen and oxygen atoms in total. The van der Waals surface area contributed by atoms with Crippen LogP contribution in [0.5, 0.6) is 0 Å². The summed E-state index contributed by atoms with van der Waals surface area (Å²) in [5.74, 6) is -2.12. The molecule has 0 radical (unpaired) electrons. The van der Waals surface area contributed by atoms with Crippen LogP contribution in [-0.2, 0) is 30.3 Å². The maximum atomic E-state index is 11.8. The van der Waals surface area contributed by atoms with E-state index in [9.17, 15) is 19.2 Å². The lowest BCUT2D eigenvalue weighted by Gasteiger charge is -2.04. The van der Waals surface area contributed by atoms with Gasteiger partial charge in [0, 0.05) is 31.2 Å². The number of amides is 1. The van der Waals surface area contributed by atoms with Crippen molar-refractivity contribution in [1.82, 2.24) is 0 Å².